The van der Waals surface area contributed by atoms with Gasteiger partial charge in [-0.05, 0) is 49.1 Å². The predicted octanol–water partition coefficient (Wildman–Crippen LogP) is 1.79. The standard InChI is InChI=1S/C27H39N5O5/c1-15(2)12-21(30-24(33)19(28)13-17-14-29-20-9-6-5-8-18(17)20)25(34)31-23(16(3)4)26(35)32-11-7-10-22(32)27(36)37/h5-6,8-9,14-16,19,21-23,29H,7,10-13,28H2,1-4H3,(H,30,33)(H,31,34)(H,36,37). The van der Waals surface area contributed by atoms with Crippen LogP contribution in [0.4, 0.5) is 0 Å². The number of fused-ring (bicyclic) bond motifs is 1. The van der Waals surface area contributed by atoms with Gasteiger partial charge < -0.3 is 31.4 Å². The molecule has 4 atom stereocenters. The first-order valence-corrected chi connectivity index (χ1v) is 12.9. The summed E-state index contributed by atoms with van der Waals surface area (Å²) in [6, 6.07) is 4.19. The number of nitrogens with two attached hydrogens (primary N) is 1. The van der Waals surface area contributed by atoms with Crippen molar-refractivity contribution in [2.24, 2.45) is 17.6 Å². The number of nitrogens with one attached hydrogen (secondary N) is 3. The monoisotopic (exact) mass is 513 g/mol. The number of hydrogen-bond acceptors (Lipinski definition) is 5. The lowest BCUT2D eigenvalue weighted by atomic mass is 9.98. The summed E-state index contributed by atoms with van der Waals surface area (Å²) < 4.78 is 0. The molecule has 10 nitrogen and oxygen atoms in total. The summed E-state index contributed by atoms with van der Waals surface area (Å²) in [5, 5.41) is 16.0. The zero-order chi connectivity index (χ0) is 27.3. The number of likely N-dealkylation sites (tertiary alicyclic amines) is 1. The van der Waals surface area contributed by atoms with Gasteiger partial charge in [-0.3, -0.25) is 14.4 Å². The maximum Gasteiger partial charge on any atom is 0.326 e. The average Bonchev–Trinajstić information content (AvgIpc) is 3.49. The number of hydrogen-bond donors (Lipinski definition) is 5. The molecule has 1 aromatic carbocycles. The van der Waals surface area contributed by atoms with Crippen LogP contribution >= 0.6 is 0 Å². The molecule has 1 saturated heterocycles. The Bertz CT molecular complexity index is 1130. The Labute approximate surface area is 217 Å². The Balaban J connectivity index is 1.69. The molecule has 1 aliphatic heterocycles. The topological polar surface area (TPSA) is 158 Å². The molecule has 0 bridgehead atoms. The van der Waals surface area contributed by atoms with Crippen LogP contribution in [0, 0.1) is 11.8 Å². The molecule has 0 radical (unpaired) electrons. The van der Waals surface area contributed by atoms with Gasteiger partial charge in [0.2, 0.25) is 17.7 Å². The molecule has 1 aliphatic rings. The average molecular weight is 514 g/mol. The van der Waals surface area contributed by atoms with Gasteiger partial charge in [0.05, 0.1) is 6.04 Å². The van der Waals surface area contributed by atoms with Gasteiger partial charge >= 0.3 is 5.97 Å². The fraction of sp³-hybridized carbons (Fsp3) is 0.556. The van der Waals surface area contributed by atoms with Gasteiger partial charge in [0.15, 0.2) is 0 Å². The Hall–Kier alpha value is -3.40. The lowest BCUT2D eigenvalue weighted by Gasteiger charge is -2.31. The number of aromatic nitrogens is 1. The lowest BCUT2D eigenvalue weighted by Crippen LogP contribution is -2.58. The fourth-order valence-corrected chi connectivity index (χ4v) is 4.85. The second-order valence-electron chi connectivity index (χ2n) is 10.6. The van der Waals surface area contributed by atoms with E-state index in [1.54, 1.807) is 13.8 Å². The summed E-state index contributed by atoms with van der Waals surface area (Å²) in [7, 11) is 0. The Kier molecular flexibility index (Phi) is 9.31. The van der Waals surface area contributed by atoms with E-state index < -0.39 is 47.9 Å². The number of H-pyrrole nitrogens is 1. The Morgan fingerprint density at radius 3 is 2.46 bits per heavy atom. The molecule has 37 heavy (non-hydrogen) atoms. The highest BCUT2D eigenvalue weighted by Gasteiger charge is 2.39. The number of aliphatic carboxylic acids is 1. The van der Waals surface area contributed by atoms with Crippen molar-refractivity contribution in [3.8, 4) is 0 Å². The molecule has 0 saturated carbocycles. The molecule has 0 spiro atoms. The van der Waals surface area contributed by atoms with E-state index in [2.05, 4.69) is 15.6 Å². The molecule has 0 aliphatic carbocycles. The van der Waals surface area contributed by atoms with Crippen molar-refractivity contribution in [3.63, 3.8) is 0 Å². The van der Waals surface area contributed by atoms with Crippen molar-refractivity contribution in [3.05, 3.63) is 36.0 Å². The summed E-state index contributed by atoms with van der Waals surface area (Å²) in [5.74, 6) is -2.59. The van der Waals surface area contributed by atoms with Gasteiger partial charge in [-0.2, -0.15) is 0 Å². The zero-order valence-electron chi connectivity index (χ0n) is 22.0. The van der Waals surface area contributed by atoms with E-state index in [4.69, 9.17) is 5.73 Å². The molecular formula is C27H39N5O5. The first kappa shape index (κ1) is 28.2. The first-order chi connectivity index (χ1) is 17.5. The van der Waals surface area contributed by atoms with Crippen LogP contribution in [-0.4, -0.2) is 69.4 Å². The van der Waals surface area contributed by atoms with E-state index >= 15 is 0 Å². The summed E-state index contributed by atoms with van der Waals surface area (Å²) >= 11 is 0. The van der Waals surface area contributed by atoms with Crippen molar-refractivity contribution < 1.29 is 24.3 Å². The number of benzene rings is 1. The van der Waals surface area contributed by atoms with Crippen LogP contribution in [-0.2, 0) is 25.6 Å². The third-order valence-electron chi connectivity index (χ3n) is 6.84. The summed E-state index contributed by atoms with van der Waals surface area (Å²) in [5.41, 5.74) is 8.09. The van der Waals surface area contributed by atoms with Crippen molar-refractivity contribution in [2.45, 2.75) is 77.5 Å². The summed E-state index contributed by atoms with van der Waals surface area (Å²) in [6.07, 6.45) is 3.47. The molecule has 202 valence electrons. The van der Waals surface area contributed by atoms with E-state index in [0.717, 1.165) is 16.5 Å². The van der Waals surface area contributed by atoms with Crippen LogP contribution in [0.2, 0.25) is 0 Å². The maximum atomic E-state index is 13.3. The van der Waals surface area contributed by atoms with Gasteiger partial charge in [-0.15, -0.1) is 0 Å². The third kappa shape index (κ3) is 6.88. The molecule has 1 aromatic heterocycles. The minimum Gasteiger partial charge on any atom is -0.480 e. The van der Waals surface area contributed by atoms with Crippen molar-refractivity contribution in [1.29, 1.82) is 0 Å². The lowest BCUT2D eigenvalue weighted by molar-refractivity contribution is -0.150. The smallest absolute Gasteiger partial charge is 0.326 e. The molecule has 3 amide bonds. The number of rotatable bonds is 11. The molecule has 4 unspecified atom stereocenters. The number of carboxylic acid groups (broad SMARTS) is 1. The number of carboxylic acids is 1. The summed E-state index contributed by atoms with van der Waals surface area (Å²) in [4.78, 5) is 55.7. The molecule has 10 heteroatoms. The van der Waals surface area contributed by atoms with E-state index in [1.807, 2.05) is 44.3 Å². The third-order valence-corrected chi connectivity index (χ3v) is 6.84. The fourth-order valence-electron chi connectivity index (χ4n) is 4.85. The van der Waals surface area contributed by atoms with Crippen LogP contribution in [0.25, 0.3) is 10.9 Å². The van der Waals surface area contributed by atoms with Crippen LogP contribution in [0.15, 0.2) is 30.5 Å². The number of para-hydroxylation sites is 1. The van der Waals surface area contributed by atoms with E-state index in [0.29, 0.717) is 32.2 Å². The maximum absolute atomic E-state index is 13.3. The van der Waals surface area contributed by atoms with Crippen molar-refractivity contribution in [2.75, 3.05) is 6.54 Å². The van der Waals surface area contributed by atoms with Crippen LogP contribution in [0.5, 0.6) is 0 Å². The van der Waals surface area contributed by atoms with Gasteiger partial charge in [0.25, 0.3) is 0 Å². The number of nitrogens with zero attached hydrogens (tertiary/aromatic N) is 1. The number of amides is 3. The molecule has 6 N–H and O–H groups in total. The summed E-state index contributed by atoms with van der Waals surface area (Å²) in [6.45, 7) is 7.80. The predicted molar refractivity (Wildman–Crippen MR) is 141 cm³/mol. The number of carbonyl (C=O) groups excluding carboxylic acids is 3. The second-order valence-corrected chi connectivity index (χ2v) is 10.6. The van der Waals surface area contributed by atoms with E-state index in [-0.39, 0.29) is 11.8 Å². The Morgan fingerprint density at radius 2 is 1.81 bits per heavy atom. The van der Waals surface area contributed by atoms with E-state index in [1.165, 1.54) is 4.90 Å². The SMILES string of the molecule is CC(C)CC(NC(=O)C(N)Cc1c[nH]c2ccccc12)C(=O)NC(C(=O)N1CCCC1C(=O)O)C(C)C. The van der Waals surface area contributed by atoms with Gasteiger partial charge in [0, 0.05) is 23.6 Å². The van der Waals surface area contributed by atoms with Gasteiger partial charge in [0.1, 0.15) is 18.1 Å². The molecule has 3 rings (SSSR count). The molecular weight excluding hydrogens is 474 g/mol. The van der Waals surface area contributed by atoms with Gasteiger partial charge in [-0.1, -0.05) is 45.9 Å². The normalized spacial score (nSPS) is 18.1. The first-order valence-electron chi connectivity index (χ1n) is 12.9. The van der Waals surface area contributed by atoms with Crippen LogP contribution < -0.4 is 16.4 Å². The number of aromatic amines is 1. The quantitative estimate of drug-likeness (QED) is 0.308. The highest BCUT2D eigenvalue weighted by molar-refractivity contribution is 5.94. The van der Waals surface area contributed by atoms with E-state index in [9.17, 15) is 24.3 Å². The Morgan fingerprint density at radius 1 is 1.11 bits per heavy atom. The van der Waals surface area contributed by atoms with Crippen molar-refractivity contribution >= 4 is 34.6 Å². The molecule has 2 heterocycles. The van der Waals surface area contributed by atoms with Crippen LogP contribution in [0.1, 0.15) is 52.5 Å². The highest BCUT2D eigenvalue weighted by Crippen LogP contribution is 2.21. The minimum atomic E-state index is -1.05. The minimum absolute atomic E-state index is 0.0871. The zero-order valence-corrected chi connectivity index (χ0v) is 22.0. The second kappa shape index (κ2) is 12.2. The number of carbonyl (C=O) groups is 4. The van der Waals surface area contributed by atoms with Gasteiger partial charge in [-0.25, -0.2) is 4.79 Å². The largest absolute Gasteiger partial charge is 0.480 e. The highest BCUT2D eigenvalue weighted by atomic mass is 16.4. The van der Waals surface area contributed by atoms with Crippen LogP contribution in [0.3, 0.4) is 0 Å². The molecule has 1 fully saturated rings. The van der Waals surface area contributed by atoms with Crippen molar-refractivity contribution in [1.82, 2.24) is 20.5 Å². The molecule has 2 aromatic rings.